The van der Waals surface area contributed by atoms with Gasteiger partial charge in [0.05, 0.1) is 0 Å². The van der Waals surface area contributed by atoms with Crippen molar-refractivity contribution in [1.82, 2.24) is 0 Å². The normalized spacial score (nSPS) is 10.6. The molecule has 0 spiro atoms. The van der Waals surface area contributed by atoms with E-state index in [9.17, 15) is 26.7 Å². The van der Waals surface area contributed by atoms with Crippen molar-refractivity contribution in [2.75, 3.05) is 38.1 Å². The van der Waals surface area contributed by atoms with Crippen molar-refractivity contribution in [2.24, 2.45) is 0 Å². The molecule has 6 N–H and O–H groups in total. The summed E-state index contributed by atoms with van der Waals surface area (Å²) in [6.45, 7) is 6.63. The molecule has 0 aliphatic rings. The maximum absolute atomic E-state index is 13.7. The lowest BCUT2D eigenvalue weighted by atomic mass is 9.80. The monoisotopic (exact) mass is 718 g/mol. The predicted octanol–water partition coefficient (Wildman–Crippen LogP) is 6.66. The molecule has 0 aliphatic heterocycles. The van der Waals surface area contributed by atoms with E-state index in [1.54, 1.807) is 50.9 Å². The van der Waals surface area contributed by atoms with E-state index in [1.807, 2.05) is 12.1 Å². The predicted molar refractivity (Wildman–Crippen MR) is 183 cm³/mol. The molecule has 0 unspecified atom stereocenters. The van der Waals surface area contributed by atoms with Crippen molar-refractivity contribution in [3.05, 3.63) is 101 Å². The lowest BCUT2D eigenvalue weighted by Gasteiger charge is -2.13. The van der Waals surface area contributed by atoms with Gasteiger partial charge in [-0.15, -0.1) is 0 Å². The largest absolute Gasteiger partial charge is 0.491 e. The summed E-state index contributed by atoms with van der Waals surface area (Å²) in [5.74, 6) is -2.99. The van der Waals surface area contributed by atoms with Gasteiger partial charge >= 0.3 is 7.12 Å². The molecule has 6 nitrogen and oxygen atoms in total. The maximum Gasteiger partial charge on any atom is 0.491 e. The molecule has 0 saturated carbocycles. The molecule has 0 atom stereocenters. The molecule has 4 rings (SSSR count). The lowest BCUT2D eigenvalue weighted by Crippen LogP contribution is -2.32. The molecule has 240 valence electrons. The summed E-state index contributed by atoms with van der Waals surface area (Å²) >= 11 is 3.31. The number of nitrogens with two attached hydrogens (primary N) is 2. The van der Waals surface area contributed by atoms with Crippen LogP contribution in [0.1, 0.15) is 14.9 Å². The maximum atomic E-state index is 13.7. The fraction of sp³-hybridized carbons (Fsp3) is 0.200. The molecule has 0 heterocycles. The fourth-order valence-corrected chi connectivity index (χ4v) is 6.43. The molecule has 4 aromatic rings. The smallest absolute Gasteiger partial charge is 0.423 e. The first-order valence-corrected chi connectivity index (χ1v) is 18.1. The molecular weight excluding hydrogens is 681 g/mol. The number of hydrogen-bond acceptors (Lipinski definition) is 6. The van der Waals surface area contributed by atoms with Crippen LogP contribution in [0, 0.1) is 23.3 Å². The average Bonchev–Trinajstić information content (AvgIpc) is 2.85. The van der Waals surface area contributed by atoms with E-state index in [2.05, 4.69) is 15.9 Å². The Labute approximate surface area is 265 Å². The number of nitrogen functional groups attached to an aromatic ring is 2. The second-order valence-corrected chi connectivity index (χ2v) is 17.1. The number of benzene rings is 4. The SMILES string of the molecule is C.C.CP(C)(=O)c1cc(-c2ccc(F)cc2F)ccc1N.CP(C)(=O)c1cc(Br)ccc1N.OB(O)c1ccc(F)cc1F. The van der Waals surface area contributed by atoms with Crippen LogP contribution in [0.4, 0.5) is 28.9 Å². The van der Waals surface area contributed by atoms with Gasteiger partial charge in [0, 0.05) is 49.6 Å². The summed E-state index contributed by atoms with van der Waals surface area (Å²) in [7, 11) is -6.68. The Morgan fingerprint density at radius 2 is 1.11 bits per heavy atom. The quantitative estimate of drug-likeness (QED) is 0.0810. The van der Waals surface area contributed by atoms with E-state index in [0.717, 1.165) is 28.0 Å². The first kappa shape index (κ1) is 41.1. The zero-order valence-corrected chi connectivity index (χ0v) is 26.5. The van der Waals surface area contributed by atoms with Gasteiger partial charge in [0.1, 0.15) is 37.6 Å². The molecule has 0 bridgehead atoms. The highest BCUT2D eigenvalue weighted by Gasteiger charge is 2.18. The minimum atomic E-state index is -2.55. The Bertz CT molecular complexity index is 1670. The van der Waals surface area contributed by atoms with Crippen molar-refractivity contribution in [3.8, 4) is 11.1 Å². The second-order valence-electron chi connectivity index (χ2n) is 9.84. The molecular formula is C30H38BBrF4N2O4P2. The van der Waals surface area contributed by atoms with E-state index in [4.69, 9.17) is 21.5 Å². The topological polar surface area (TPSA) is 127 Å². The van der Waals surface area contributed by atoms with Crippen molar-refractivity contribution in [2.45, 2.75) is 14.9 Å². The van der Waals surface area contributed by atoms with Gasteiger partial charge in [0.15, 0.2) is 0 Å². The number of hydrogen-bond donors (Lipinski definition) is 4. The zero-order valence-electron chi connectivity index (χ0n) is 23.2. The van der Waals surface area contributed by atoms with Crippen LogP contribution in [0.25, 0.3) is 11.1 Å². The first-order valence-electron chi connectivity index (χ1n) is 12.1. The van der Waals surface area contributed by atoms with E-state index in [-0.39, 0.29) is 25.9 Å². The number of anilines is 2. The van der Waals surface area contributed by atoms with E-state index < -0.39 is 44.7 Å². The fourth-order valence-electron chi connectivity index (χ4n) is 3.60. The third-order valence-corrected chi connectivity index (χ3v) is 9.25. The summed E-state index contributed by atoms with van der Waals surface area (Å²) in [5, 5.41) is 18.2. The van der Waals surface area contributed by atoms with E-state index >= 15 is 0 Å². The van der Waals surface area contributed by atoms with Gasteiger partial charge in [-0.05, 0) is 80.8 Å². The molecule has 0 fully saturated rings. The van der Waals surface area contributed by atoms with E-state index in [0.29, 0.717) is 28.3 Å². The van der Waals surface area contributed by atoms with Crippen molar-refractivity contribution >= 4 is 64.8 Å². The highest BCUT2D eigenvalue weighted by atomic mass is 79.9. The van der Waals surface area contributed by atoms with Gasteiger partial charge in [-0.1, -0.05) is 42.9 Å². The third kappa shape index (κ3) is 11.9. The Morgan fingerprint density at radius 1 is 0.659 bits per heavy atom. The van der Waals surface area contributed by atoms with Crippen molar-refractivity contribution < 1.29 is 36.7 Å². The van der Waals surface area contributed by atoms with Crippen LogP contribution >= 0.6 is 30.2 Å². The van der Waals surface area contributed by atoms with Crippen LogP contribution in [0.5, 0.6) is 0 Å². The zero-order chi connectivity index (χ0) is 32.0. The standard InChI is InChI=1S/C14H14F2NOP.C8H11BrNOP.C6H5BF2O2.2CH4/c1-19(2,18)14-7-9(3-6-13(14)17)11-5-4-10(15)8-12(11)16;1-12(2,11)8-5-6(9)3-4-7(8)10;8-4-1-2-5(7(10)11)6(9)3-4;;/h3-8H,17H2,1-2H3;3-5H,10H2,1-2H3;1-3,10-11H;2*1H4. The molecule has 0 saturated heterocycles. The summed E-state index contributed by atoms with van der Waals surface area (Å²) in [6, 6.07) is 16.1. The van der Waals surface area contributed by atoms with Gasteiger partial charge in [-0.2, -0.15) is 0 Å². The number of rotatable bonds is 4. The highest BCUT2D eigenvalue weighted by Crippen LogP contribution is 2.39. The number of halogens is 5. The Balaban J connectivity index is 0.000000649. The first-order chi connectivity index (χ1) is 19.3. The van der Waals surface area contributed by atoms with E-state index in [1.165, 1.54) is 12.1 Å². The molecule has 4 aromatic carbocycles. The van der Waals surface area contributed by atoms with Crippen molar-refractivity contribution in [3.63, 3.8) is 0 Å². The molecule has 0 amide bonds. The van der Waals surface area contributed by atoms with Gasteiger partial charge in [0.25, 0.3) is 0 Å². The molecule has 44 heavy (non-hydrogen) atoms. The minimum Gasteiger partial charge on any atom is -0.423 e. The van der Waals surface area contributed by atoms with Crippen LogP contribution in [0.2, 0.25) is 0 Å². The van der Waals surface area contributed by atoms with Crippen LogP contribution < -0.4 is 27.5 Å². The average molecular weight is 719 g/mol. The third-order valence-electron chi connectivity index (χ3n) is 5.67. The van der Waals surface area contributed by atoms with Crippen molar-refractivity contribution in [1.29, 1.82) is 0 Å². The van der Waals surface area contributed by atoms with Gasteiger partial charge in [-0.25, -0.2) is 17.6 Å². The Hall–Kier alpha value is -2.88. The van der Waals surface area contributed by atoms with Crippen LogP contribution in [0.3, 0.4) is 0 Å². The summed E-state index contributed by atoms with van der Waals surface area (Å²) < 4.78 is 76.1. The molecule has 0 aliphatic carbocycles. The summed E-state index contributed by atoms with van der Waals surface area (Å²) in [5.41, 5.74) is 13.0. The van der Waals surface area contributed by atoms with Crippen LogP contribution in [-0.4, -0.2) is 43.8 Å². The van der Waals surface area contributed by atoms with Gasteiger partial charge < -0.3 is 30.6 Å². The molecule has 0 radical (unpaired) electrons. The van der Waals surface area contributed by atoms with Crippen LogP contribution in [-0.2, 0) is 9.13 Å². The van der Waals surface area contributed by atoms with Gasteiger partial charge in [-0.3, -0.25) is 0 Å². The highest BCUT2D eigenvalue weighted by molar-refractivity contribution is 9.10. The minimum absolute atomic E-state index is 0. The lowest BCUT2D eigenvalue weighted by molar-refractivity contribution is 0.422. The Kier molecular flexibility index (Phi) is 15.9. The molecule has 14 heteroatoms. The Morgan fingerprint density at radius 3 is 1.55 bits per heavy atom. The summed E-state index contributed by atoms with van der Waals surface area (Å²) in [4.78, 5) is 0. The summed E-state index contributed by atoms with van der Waals surface area (Å²) in [6.07, 6.45) is 0. The van der Waals surface area contributed by atoms with Crippen LogP contribution in [0.15, 0.2) is 77.3 Å². The second kappa shape index (κ2) is 17.0. The molecule has 0 aromatic heterocycles. The van der Waals surface area contributed by atoms with Gasteiger partial charge in [0.2, 0.25) is 0 Å².